The van der Waals surface area contributed by atoms with E-state index in [1.807, 2.05) is 13.1 Å². The lowest BCUT2D eigenvalue weighted by Crippen LogP contribution is -2.23. The highest BCUT2D eigenvalue weighted by atomic mass is 16.5. The number of para-hydroxylation sites is 1. The Morgan fingerprint density at radius 3 is 2.68 bits per heavy atom. The average Bonchev–Trinajstić information content (AvgIpc) is 2.39. The van der Waals surface area contributed by atoms with E-state index < -0.39 is 0 Å². The van der Waals surface area contributed by atoms with Crippen molar-refractivity contribution in [3.8, 4) is 5.75 Å². The van der Waals surface area contributed by atoms with Crippen LogP contribution in [0.25, 0.3) is 0 Å². The second-order valence-electron chi connectivity index (χ2n) is 5.25. The lowest BCUT2D eigenvalue weighted by atomic mass is 9.79. The summed E-state index contributed by atoms with van der Waals surface area (Å²) in [6.45, 7) is 1.23. The predicted molar refractivity (Wildman–Crippen MR) is 77.6 cm³/mol. The third-order valence-electron chi connectivity index (χ3n) is 3.98. The normalized spacial score (nSPS) is 16.9. The Balaban J connectivity index is 2.02. The zero-order valence-corrected chi connectivity index (χ0v) is 12.0. The highest BCUT2D eigenvalue weighted by molar-refractivity contribution is 5.36. The molecule has 0 aliphatic heterocycles. The van der Waals surface area contributed by atoms with Crippen LogP contribution in [0.3, 0.4) is 0 Å². The van der Waals surface area contributed by atoms with Crippen LogP contribution in [0.1, 0.15) is 37.3 Å². The molecule has 3 heteroatoms. The summed E-state index contributed by atoms with van der Waals surface area (Å²) in [7, 11) is 3.73. The maximum absolute atomic E-state index is 5.83. The standard InChI is InChI=1S/C16H25NO2/c1-17-15(12-13-6-5-7-13)14-8-3-4-9-16(14)19-11-10-18-2/h3-4,8-9,13,15,17H,5-7,10-12H2,1-2H3. The minimum absolute atomic E-state index is 0.393. The van der Waals surface area contributed by atoms with E-state index in [9.17, 15) is 0 Å². The molecule has 1 aliphatic rings. The van der Waals surface area contributed by atoms with Crippen molar-refractivity contribution < 1.29 is 9.47 Å². The number of hydrogen-bond donors (Lipinski definition) is 1. The fraction of sp³-hybridized carbons (Fsp3) is 0.625. The van der Waals surface area contributed by atoms with Crippen LogP contribution in [0.15, 0.2) is 24.3 Å². The molecule has 0 bridgehead atoms. The van der Waals surface area contributed by atoms with E-state index in [2.05, 4.69) is 23.5 Å². The second kappa shape index (κ2) is 7.51. The van der Waals surface area contributed by atoms with Crippen LogP contribution in [-0.2, 0) is 4.74 Å². The number of rotatable bonds is 8. The van der Waals surface area contributed by atoms with E-state index >= 15 is 0 Å². The largest absolute Gasteiger partial charge is 0.491 e. The Labute approximate surface area is 116 Å². The van der Waals surface area contributed by atoms with Gasteiger partial charge in [-0.15, -0.1) is 0 Å². The molecule has 1 saturated carbocycles. The van der Waals surface area contributed by atoms with Crippen molar-refractivity contribution in [2.24, 2.45) is 5.92 Å². The summed E-state index contributed by atoms with van der Waals surface area (Å²) in [5.41, 5.74) is 1.27. The molecule has 106 valence electrons. The first-order valence-electron chi connectivity index (χ1n) is 7.23. The maximum Gasteiger partial charge on any atom is 0.124 e. The number of hydrogen-bond acceptors (Lipinski definition) is 3. The van der Waals surface area contributed by atoms with Crippen LogP contribution >= 0.6 is 0 Å². The SMILES string of the molecule is CNC(CC1CCC1)c1ccccc1OCCOC. The molecule has 0 aromatic heterocycles. The maximum atomic E-state index is 5.83. The molecule has 0 amide bonds. The van der Waals surface area contributed by atoms with Crippen LogP contribution in [-0.4, -0.2) is 27.4 Å². The molecule has 2 rings (SSSR count). The van der Waals surface area contributed by atoms with Crippen molar-refractivity contribution >= 4 is 0 Å². The fourth-order valence-electron chi connectivity index (χ4n) is 2.60. The lowest BCUT2D eigenvalue weighted by molar-refractivity contribution is 0.145. The Kier molecular flexibility index (Phi) is 5.67. The van der Waals surface area contributed by atoms with Gasteiger partial charge in [-0.05, 0) is 25.5 Å². The highest BCUT2D eigenvalue weighted by Gasteiger charge is 2.23. The Hall–Kier alpha value is -1.06. The van der Waals surface area contributed by atoms with Gasteiger partial charge in [-0.2, -0.15) is 0 Å². The van der Waals surface area contributed by atoms with Gasteiger partial charge in [0.15, 0.2) is 0 Å². The van der Waals surface area contributed by atoms with Crippen molar-refractivity contribution in [2.45, 2.75) is 31.7 Å². The molecule has 1 atom stereocenters. The van der Waals surface area contributed by atoms with E-state index in [1.54, 1.807) is 7.11 Å². The summed E-state index contributed by atoms with van der Waals surface area (Å²) >= 11 is 0. The van der Waals surface area contributed by atoms with Crippen LogP contribution in [0.4, 0.5) is 0 Å². The number of methoxy groups -OCH3 is 1. The van der Waals surface area contributed by atoms with E-state index in [1.165, 1.54) is 31.2 Å². The Morgan fingerprint density at radius 2 is 2.05 bits per heavy atom. The molecule has 0 saturated heterocycles. The monoisotopic (exact) mass is 263 g/mol. The van der Waals surface area contributed by atoms with Crippen LogP contribution in [0.2, 0.25) is 0 Å². The van der Waals surface area contributed by atoms with Crippen molar-refractivity contribution in [3.05, 3.63) is 29.8 Å². The third-order valence-corrected chi connectivity index (χ3v) is 3.98. The summed E-state index contributed by atoms with van der Waals surface area (Å²) in [6.07, 6.45) is 5.37. The molecule has 0 spiro atoms. The highest BCUT2D eigenvalue weighted by Crippen LogP contribution is 2.36. The van der Waals surface area contributed by atoms with Crippen LogP contribution in [0, 0.1) is 5.92 Å². The van der Waals surface area contributed by atoms with Crippen molar-refractivity contribution in [2.75, 3.05) is 27.4 Å². The fourth-order valence-corrected chi connectivity index (χ4v) is 2.60. The summed E-state index contributed by atoms with van der Waals surface area (Å²) in [5.74, 6) is 1.86. The van der Waals surface area contributed by atoms with Crippen molar-refractivity contribution in [1.29, 1.82) is 0 Å². The summed E-state index contributed by atoms with van der Waals surface area (Å²) in [5, 5.41) is 3.44. The first-order valence-corrected chi connectivity index (χ1v) is 7.23. The quantitative estimate of drug-likeness (QED) is 0.731. The zero-order valence-electron chi connectivity index (χ0n) is 12.0. The summed E-state index contributed by atoms with van der Waals surface area (Å²) in [6, 6.07) is 8.73. The van der Waals surface area contributed by atoms with Gasteiger partial charge >= 0.3 is 0 Å². The molecule has 1 unspecified atom stereocenters. The lowest BCUT2D eigenvalue weighted by Gasteiger charge is -2.30. The second-order valence-corrected chi connectivity index (χ2v) is 5.25. The van der Waals surface area contributed by atoms with Gasteiger partial charge in [0.2, 0.25) is 0 Å². The molecule has 1 fully saturated rings. The first kappa shape index (κ1) is 14.4. The van der Waals surface area contributed by atoms with Gasteiger partial charge in [0.25, 0.3) is 0 Å². The smallest absolute Gasteiger partial charge is 0.124 e. The third kappa shape index (κ3) is 3.95. The van der Waals surface area contributed by atoms with Crippen LogP contribution in [0.5, 0.6) is 5.75 Å². The van der Waals surface area contributed by atoms with Gasteiger partial charge in [0.05, 0.1) is 6.61 Å². The van der Waals surface area contributed by atoms with E-state index in [-0.39, 0.29) is 0 Å². The summed E-state index contributed by atoms with van der Waals surface area (Å²) < 4.78 is 10.9. The number of ether oxygens (including phenoxy) is 2. The Morgan fingerprint density at radius 1 is 1.26 bits per heavy atom. The molecule has 1 aliphatic carbocycles. The van der Waals surface area contributed by atoms with Gasteiger partial charge in [0, 0.05) is 18.7 Å². The number of benzene rings is 1. The minimum Gasteiger partial charge on any atom is -0.491 e. The van der Waals surface area contributed by atoms with Gasteiger partial charge in [-0.25, -0.2) is 0 Å². The average molecular weight is 263 g/mol. The molecule has 1 aromatic rings. The molecule has 19 heavy (non-hydrogen) atoms. The van der Waals surface area contributed by atoms with E-state index in [0.717, 1.165) is 11.7 Å². The molecule has 0 heterocycles. The zero-order chi connectivity index (χ0) is 13.5. The van der Waals surface area contributed by atoms with Gasteiger partial charge < -0.3 is 14.8 Å². The topological polar surface area (TPSA) is 30.5 Å². The molecule has 3 nitrogen and oxygen atoms in total. The summed E-state index contributed by atoms with van der Waals surface area (Å²) in [4.78, 5) is 0. The molecule has 1 aromatic carbocycles. The van der Waals surface area contributed by atoms with E-state index in [0.29, 0.717) is 19.3 Å². The molecule has 1 N–H and O–H groups in total. The van der Waals surface area contributed by atoms with Gasteiger partial charge in [-0.3, -0.25) is 0 Å². The van der Waals surface area contributed by atoms with Gasteiger partial charge in [0.1, 0.15) is 12.4 Å². The van der Waals surface area contributed by atoms with Crippen molar-refractivity contribution in [1.82, 2.24) is 5.32 Å². The van der Waals surface area contributed by atoms with Crippen molar-refractivity contribution in [3.63, 3.8) is 0 Å². The van der Waals surface area contributed by atoms with Gasteiger partial charge in [-0.1, -0.05) is 37.5 Å². The molecule has 0 radical (unpaired) electrons. The number of nitrogens with one attached hydrogen (secondary N) is 1. The first-order chi connectivity index (χ1) is 9.35. The molecular weight excluding hydrogens is 238 g/mol. The molecular formula is C16H25NO2. The Bertz CT molecular complexity index is 377. The van der Waals surface area contributed by atoms with E-state index in [4.69, 9.17) is 9.47 Å². The van der Waals surface area contributed by atoms with Crippen LogP contribution < -0.4 is 10.1 Å². The predicted octanol–water partition coefficient (Wildman–Crippen LogP) is 3.16. The minimum atomic E-state index is 0.393.